The van der Waals surface area contributed by atoms with E-state index in [0.717, 1.165) is 5.56 Å². The molecule has 0 amide bonds. The summed E-state index contributed by atoms with van der Waals surface area (Å²) in [5, 5.41) is 0.573. The molecule has 0 unspecified atom stereocenters. The number of aromatic amines is 1. The van der Waals surface area contributed by atoms with Gasteiger partial charge in [-0.15, -0.1) is 0 Å². The van der Waals surface area contributed by atoms with E-state index in [-0.39, 0.29) is 23.4 Å². The monoisotopic (exact) mass is 363 g/mol. The number of hydrogen-bond acceptors (Lipinski definition) is 4. The van der Waals surface area contributed by atoms with E-state index >= 15 is 0 Å². The lowest BCUT2D eigenvalue weighted by atomic mass is 9.86. The van der Waals surface area contributed by atoms with Gasteiger partial charge in [-0.3, -0.25) is 9.59 Å². The molecule has 0 spiro atoms. The molecule has 0 saturated heterocycles. The smallest absolute Gasteiger partial charge is 0.339 e. The van der Waals surface area contributed by atoms with E-state index in [1.54, 1.807) is 36.4 Å². The number of carbonyl (C=O) groups excluding carboxylic acids is 2. The number of pyridine rings is 1. The quantitative estimate of drug-likeness (QED) is 0.564. The van der Waals surface area contributed by atoms with Crippen LogP contribution in [0.1, 0.15) is 47.1 Å². The third kappa shape index (κ3) is 4.14. The maximum Gasteiger partial charge on any atom is 0.339 e. The molecular formula is C22H21NO4. The number of rotatable bonds is 4. The summed E-state index contributed by atoms with van der Waals surface area (Å²) in [5.41, 5.74) is 1.88. The van der Waals surface area contributed by atoms with Gasteiger partial charge in [-0.1, -0.05) is 63.2 Å². The molecule has 27 heavy (non-hydrogen) atoms. The van der Waals surface area contributed by atoms with E-state index in [9.17, 15) is 14.4 Å². The SMILES string of the molecule is CC(C)(C)c1ccc(C(=O)COC(=O)c2cc(=O)[nH]c3ccccc23)cc1. The van der Waals surface area contributed by atoms with Gasteiger partial charge in [0.15, 0.2) is 12.4 Å². The maximum absolute atomic E-state index is 12.4. The highest BCUT2D eigenvalue weighted by Gasteiger charge is 2.17. The highest BCUT2D eigenvalue weighted by Crippen LogP contribution is 2.22. The first-order valence-corrected chi connectivity index (χ1v) is 8.68. The maximum atomic E-state index is 12.4. The van der Waals surface area contributed by atoms with Crippen molar-refractivity contribution < 1.29 is 14.3 Å². The minimum absolute atomic E-state index is 0.00450. The van der Waals surface area contributed by atoms with Gasteiger partial charge in [0, 0.05) is 22.5 Å². The molecule has 2 aromatic carbocycles. The Morgan fingerprint density at radius 1 is 1.00 bits per heavy atom. The lowest BCUT2D eigenvalue weighted by Gasteiger charge is -2.18. The molecule has 3 aromatic rings. The summed E-state index contributed by atoms with van der Waals surface area (Å²) < 4.78 is 5.16. The van der Waals surface area contributed by atoms with E-state index < -0.39 is 11.5 Å². The van der Waals surface area contributed by atoms with Crippen LogP contribution in [0.15, 0.2) is 59.4 Å². The van der Waals surface area contributed by atoms with Crippen LogP contribution in [0.25, 0.3) is 10.9 Å². The second-order valence-electron chi connectivity index (χ2n) is 7.42. The van der Waals surface area contributed by atoms with Crippen LogP contribution in [0.3, 0.4) is 0 Å². The van der Waals surface area contributed by atoms with Crippen LogP contribution < -0.4 is 5.56 Å². The molecule has 5 nitrogen and oxygen atoms in total. The van der Waals surface area contributed by atoms with Crippen LogP contribution in [0.5, 0.6) is 0 Å². The highest BCUT2D eigenvalue weighted by molar-refractivity contribution is 6.05. The molecule has 0 saturated carbocycles. The lowest BCUT2D eigenvalue weighted by molar-refractivity contribution is 0.0476. The van der Waals surface area contributed by atoms with Crippen molar-refractivity contribution in [2.75, 3.05) is 6.61 Å². The van der Waals surface area contributed by atoms with Crippen LogP contribution in [0, 0.1) is 0 Å². The van der Waals surface area contributed by atoms with Crippen LogP contribution in [0.4, 0.5) is 0 Å². The van der Waals surface area contributed by atoms with E-state index in [1.165, 1.54) is 6.07 Å². The minimum Gasteiger partial charge on any atom is -0.454 e. The van der Waals surface area contributed by atoms with E-state index in [2.05, 4.69) is 25.8 Å². The van der Waals surface area contributed by atoms with Crippen molar-refractivity contribution in [3.63, 3.8) is 0 Å². The van der Waals surface area contributed by atoms with Crippen molar-refractivity contribution in [3.8, 4) is 0 Å². The van der Waals surface area contributed by atoms with Gasteiger partial charge >= 0.3 is 5.97 Å². The average Bonchev–Trinajstić information content (AvgIpc) is 2.64. The van der Waals surface area contributed by atoms with E-state index in [1.807, 2.05) is 12.1 Å². The molecule has 138 valence electrons. The van der Waals surface area contributed by atoms with Crippen molar-refractivity contribution in [3.05, 3.63) is 81.6 Å². The van der Waals surface area contributed by atoms with Gasteiger partial charge in [-0.05, 0) is 17.0 Å². The average molecular weight is 363 g/mol. The van der Waals surface area contributed by atoms with E-state index in [0.29, 0.717) is 16.5 Å². The third-order valence-corrected chi connectivity index (χ3v) is 4.38. The zero-order valence-electron chi connectivity index (χ0n) is 15.5. The van der Waals surface area contributed by atoms with Crippen LogP contribution >= 0.6 is 0 Å². The van der Waals surface area contributed by atoms with Crippen molar-refractivity contribution >= 4 is 22.7 Å². The second-order valence-corrected chi connectivity index (χ2v) is 7.42. The predicted molar refractivity (Wildman–Crippen MR) is 104 cm³/mol. The third-order valence-electron chi connectivity index (χ3n) is 4.38. The number of Topliss-reactive ketones (excluding diaryl/α,β-unsaturated/α-hetero) is 1. The number of nitrogens with one attached hydrogen (secondary N) is 1. The zero-order valence-corrected chi connectivity index (χ0v) is 15.5. The number of ketones is 1. The molecule has 5 heteroatoms. The number of carbonyl (C=O) groups is 2. The lowest BCUT2D eigenvalue weighted by Crippen LogP contribution is -2.17. The fourth-order valence-corrected chi connectivity index (χ4v) is 2.82. The van der Waals surface area contributed by atoms with Gasteiger partial charge < -0.3 is 9.72 Å². The van der Waals surface area contributed by atoms with Gasteiger partial charge in [0.1, 0.15) is 0 Å². The summed E-state index contributed by atoms with van der Waals surface area (Å²) in [6.07, 6.45) is 0. The Balaban J connectivity index is 1.74. The fraction of sp³-hybridized carbons (Fsp3) is 0.227. The molecule has 0 aliphatic carbocycles. The molecule has 0 bridgehead atoms. The summed E-state index contributed by atoms with van der Waals surface area (Å²) in [5.74, 6) is -0.991. The highest BCUT2D eigenvalue weighted by atomic mass is 16.5. The molecule has 1 heterocycles. The molecule has 0 radical (unpaired) electrons. The predicted octanol–water partition coefficient (Wildman–Crippen LogP) is 3.87. The van der Waals surface area contributed by atoms with Crippen LogP contribution in [-0.4, -0.2) is 23.3 Å². The summed E-state index contributed by atoms with van der Waals surface area (Å²) >= 11 is 0. The molecule has 0 atom stereocenters. The first-order chi connectivity index (χ1) is 12.8. The van der Waals surface area contributed by atoms with Gasteiger partial charge in [0.25, 0.3) is 0 Å². The summed E-state index contributed by atoms with van der Waals surface area (Å²) in [6, 6.07) is 15.4. The first kappa shape index (κ1) is 18.6. The number of ether oxygens (including phenoxy) is 1. The number of fused-ring (bicyclic) bond motifs is 1. The Morgan fingerprint density at radius 2 is 1.67 bits per heavy atom. The molecule has 1 N–H and O–H groups in total. The standard InChI is InChI=1S/C22H21NO4/c1-22(2,3)15-10-8-14(9-11-15)19(24)13-27-21(26)17-12-20(25)23-18-7-5-4-6-16(17)18/h4-12H,13H2,1-3H3,(H,23,25). The van der Waals surface area contributed by atoms with Crippen LogP contribution in [0.2, 0.25) is 0 Å². The molecule has 3 rings (SSSR count). The van der Waals surface area contributed by atoms with Gasteiger partial charge in [-0.25, -0.2) is 4.79 Å². The first-order valence-electron chi connectivity index (χ1n) is 8.68. The van der Waals surface area contributed by atoms with Crippen molar-refractivity contribution in [1.82, 2.24) is 4.98 Å². The Hall–Kier alpha value is -3.21. The van der Waals surface area contributed by atoms with E-state index in [4.69, 9.17) is 4.74 Å². The Morgan fingerprint density at radius 3 is 2.33 bits per heavy atom. The summed E-state index contributed by atoms with van der Waals surface area (Å²) in [4.78, 5) is 39.1. The zero-order chi connectivity index (χ0) is 19.6. The largest absolute Gasteiger partial charge is 0.454 e. The number of esters is 1. The topological polar surface area (TPSA) is 76.2 Å². The molecule has 0 aliphatic rings. The second kappa shape index (κ2) is 7.19. The van der Waals surface area contributed by atoms with Gasteiger partial charge in [-0.2, -0.15) is 0 Å². The number of aromatic nitrogens is 1. The number of benzene rings is 2. The Labute approximate surface area is 157 Å². The molecule has 0 fully saturated rings. The van der Waals surface area contributed by atoms with Crippen molar-refractivity contribution in [2.45, 2.75) is 26.2 Å². The Kier molecular flexibility index (Phi) is 4.95. The number of para-hydroxylation sites is 1. The summed E-state index contributed by atoms with van der Waals surface area (Å²) in [6.45, 7) is 5.90. The van der Waals surface area contributed by atoms with Gasteiger partial charge in [0.05, 0.1) is 5.56 Å². The number of hydrogen-bond donors (Lipinski definition) is 1. The Bertz CT molecular complexity index is 1060. The van der Waals surface area contributed by atoms with Gasteiger partial charge in [0.2, 0.25) is 5.56 Å². The fourth-order valence-electron chi connectivity index (χ4n) is 2.82. The molecular weight excluding hydrogens is 342 g/mol. The summed E-state index contributed by atoms with van der Waals surface area (Å²) in [7, 11) is 0. The molecule has 0 aliphatic heterocycles. The molecule has 1 aromatic heterocycles. The van der Waals surface area contributed by atoms with Crippen LogP contribution in [-0.2, 0) is 10.2 Å². The number of H-pyrrole nitrogens is 1. The normalized spacial score (nSPS) is 11.4. The minimum atomic E-state index is -0.697. The van der Waals surface area contributed by atoms with Crippen molar-refractivity contribution in [2.24, 2.45) is 0 Å². The van der Waals surface area contributed by atoms with Crippen molar-refractivity contribution in [1.29, 1.82) is 0 Å².